The SMILES string of the molecule is Cc1cccc(C)c1COC1(C)CCCNC1. The Hall–Kier alpha value is -0.860. The highest BCUT2D eigenvalue weighted by Crippen LogP contribution is 2.23. The van der Waals surface area contributed by atoms with Crippen LogP contribution in [-0.2, 0) is 11.3 Å². The largest absolute Gasteiger partial charge is 0.369 e. The summed E-state index contributed by atoms with van der Waals surface area (Å²) >= 11 is 0. The van der Waals surface area contributed by atoms with Crippen LogP contribution in [0.1, 0.15) is 36.5 Å². The number of nitrogens with one attached hydrogen (secondary N) is 1. The molecule has 0 spiro atoms. The molecule has 1 aromatic rings. The van der Waals surface area contributed by atoms with Gasteiger partial charge in [0.2, 0.25) is 0 Å². The van der Waals surface area contributed by atoms with Gasteiger partial charge >= 0.3 is 0 Å². The van der Waals surface area contributed by atoms with Crippen LogP contribution in [0.25, 0.3) is 0 Å². The van der Waals surface area contributed by atoms with Crippen molar-refractivity contribution in [3.63, 3.8) is 0 Å². The third kappa shape index (κ3) is 3.08. The summed E-state index contributed by atoms with van der Waals surface area (Å²) in [5, 5.41) is 3.42. The summed E-state index contributed by atoms with van der Waals surface area (Å²) in [7, 11) is 0. The average Bonchev–Trinajstić information content (AvgIpc) is 2.29. The van der Waals surface area contributed by atoms with Gasteiger partial charge in [-0.15, -0.1) is 0 Å². The van der Waals surface area contributed by atoms with Crippen LogP contribution in [0, 0.1) is 13.8 Å². The monoisotopic (exact) mass is 233 g/mol. The van der Waals surface area contributed by atoms with Crippen molar-refractivity contribution < 1.29 is 4.74 Å². The molecule has 1 aromatic carbocycles. The fourth-order valence-corrected chi connectivity index (χ4v) is 2.47. The first-order valence-corrected chi connectivity index (χ1v) is 6.50. The zero-order valence-corrected chi connectivity index (χ0v) is 11.2. The highest BCUT2D eigenvalue weighted by molar-refractivity contribution is 5.32. The molecule has 0 aliphatic carbocycles. The first-order chi connectivity index (χ1) is 8.11. The van der Waals surface area contributed by atoms with Crippen LogP contribution in [0.2, 0.25) is 0 Å². The number of hydrogen-bond acceptors (Lipinski definition) is 2. The molecule has 0 bridgehead atoms. The molecule has 1 aliphatic rings. The molecule has 1 unspecified atom stereocenters. The lowest BCUT2D eigenvalue weighted by Gasteiger charge is -2.34. The molecule has 1 heterocycles. The molecule has 94 valence electrons. The smallest absolute Gasteiger partial charge is 0.0783 e. The van der Waals surface area contributed by atoms with E-state index in [1.807, 2.05) is 0 Å². The Labute approximate surface area is 104 Å². The predicted octanol–water partition coefficient (Wildman–Crippen LogP) is 2.96. The number of hydrogen-bond donors (Lipinski definition) is 1. The summed E-state index contributed by atoms with van der Waals surface area (Å²) < 4.78 is 6.16. The Morgan fingerprint density at radius 2 is 2.00 bits per heavy atom. The minimum absolute atomic E-state index is 0.00692. The summed E-state index contributed by atoms with van der Waals surface area (Å²) in [6, 6.07) is 6.43. The number of piperidine rings is 1. The zero-order chi connectivity index (χ0) is 12.3. The Balaban J connectivity index is 2.02. The van der Waals surface area contributed by atoms with E-state index in [9.17, 15) is 0 Å². The van der Waals surface area contributed by atoms with Gasteiger partial charge < -0.3 is 10.1 Å². The fourth-order valence-electron chi connectivity index (χ4n) is 2.47. The molecule has 1 aliphatic heterocycles. The number of aryl methyl sites for hydroxylation is 2. The molecule has 17 heavy (non-hydrogen) atoms. The second-order valence-electron chi connectivity index (χ2n) is 5.39. The van der Waals surface area contributed by atoms with Gasteiger partial charge in [0, 0.05) is 6.54 Å². The summed E-state index contributed by atoms with van der Waals surface area (Å²) in [4.78, 5) is 0. The topological polar surface area (TPSA) is 21.3 Å². The Morgan fingerprint density at radius 1 is 1.29 bits per heavy atom. The third-order valence-electron chi connectivity index (χ3n) is 3.77. The van der Waals surface area contributed by atoms with Crippen LogP contribution in [-0.4, -0.2) is 18.7 Å². The van der Waals surface area contributed by atoms with Crippen molar-refractivity contribution in [2.45, 2.75) is 45.8 Å². The van der Waals surface area contributed by atoms with E-state index in [1.54, 1.807) is 0 Å². The quantitative estimate of drug-likeness (QED) is 0.866. The number of ether oxygens (including phenoxy) is 1. The Kier molecular flexibility index (Phi) is 3.85. The molecule has 2 nitrogen and oxygen atoms in total. The Morgan fingerprint density at radius 3 is 2.59 bits per heavy atom. The molecule has 0 radical (unpaired) electrons. The van der Waals surface area contributed by atoms with E-state index >= 15 is 0 Å². The lowest BCUT2D eigenvalue weighted by atomic mass is 9.96. The van der Waals surface area contributed by atoms with Crippen molar-refractivity contribution in [1.82, 2.24) is 5.32 Å². The molecule has 1 fully saturated rings. The van der Waals surface area contributed by atoms with Gasteiger partial charge in [0.1, 0.15) is 0 Å². The molecule has 0 amide bonds. The lowest BCUT2D eigenvalue weighted by molar-refractivity contribution is -0.0574. The normalized spacial score (nSPS) is 24.9. The summed E-state index contributed by atoms with van der Waals surface area (Å²) in [6.45, 7) is 9.37. The minimum atomic E-state index is 0.00692. The number of rotatable bonds is 3. The van der Waals surface area contributed by atoms with Gasteiger partial charge in [-0.05, 0) is 56.8 Å². The van der Waals surface area contributed by atoms with E-state index in [0.717, 1.165) is 26.1 Å². The van der Waals surface area contributed by atoms with Crippen molar-refractivity contribution in [3.8, 4) is 0 Å². The molecular formula is C15H23NO. The van der Waals surface area contributed by atoms with Gasteiger partial charge in [-0.2, -0.15) is 0 Å². The molecule has 0 saturated carbocycles. The highest BCUT2D eigenvalue weighted by Gasteiger charge is 2.27. The first kappa shape index (κ1) is 12.6. The van der Waals surface area contributed by atoms with Crippen molar-refractivity contribution in [2.24, 2.45) is 0 Å². The molecule has 2 heteroatoms. The molecule has 2 rings (SSSR count). The van der Waals surface area contributed by atoms with Crippen molar-refractivity contribution >= 4 is 0 Å². The van der Waals surface area contributed by atoms with E-state index in [0.29, 0.717) is 0 Å². The zero-order valence-electron chi connectivity index (χ0n) is 11.2. The van der Waals surface area contributed by atoms with Crippen LogP contribution in [0.15, 0.2) is 18.2 Å². The lowest BCUT2D eigenvalue weighted by Crippen LogP contribution is -2.45. The molecule has 1 saturated heterocycles. The fraction of sp³-hybridized carbons (Fsp3) is 0.600. The van der Waals surface area contributed by atoms with Gasteiger partial charge in [-0.1, -0.05) is 18.2 Å². The molecular weight excluding hydrogens is 210 g/mol. The molecule has 1 atom stereocenters. The summed E-state index contributed by atoms with van der Waals surface area (Å²) in [5.74, 6) is 0. The van der Waals surface area contributed by atoms with Crippen LogP contribution in [0.5, 0.6) is 0 Å². The van der Waals surface area contributed by atoms with Crippen LogP contribution in [0.4, 0.5) is 0 Å². The maximum atomic E-state index is 6.16. The van der Waals surface area contributed by atoms with Gasteiger partial charge in [0.15, 0.2) is 0 Å². The summed E-state index contributed by atoms with van der Waals surface area (Å²) in [6.07, 6.45) is 2.37. The van der Waals surface area contributed by atoms with E-state index in [4.69, 9.17) is 4.74 Å². The standard InChI is InChI=1S/C15H23NO/c1-12-6-4-7-13(2)14(12)10-17-15(3)8-5-9-16-11-15/h4,6-7,16H,5,8-11H2,1-3H3. The van der Waals surface area contributed by atoms with E-state index < -0.39 is 0 Å². The van der Waals surface area contributed by atoms with Gasteiger partial charge in [0.25, 0.3) is 0 Å². The second-order valence-corrected chi connectivity index (χ2v) is 5.39. The van der Waals surface area contributed by atoms with Crippen molar-refractivity contribution in [2.75, 3.05) is 13.1 Å². The average molecular weight is 233 g/mol. The van der Waals surface area contributed by atoms with E-state index in [2.05, 4.69) is 44.3 Å². The summed E-state index contributed by atoms with van der Waals surface area (Å²) in [5.41, 5.74) is 4.02. The van der Waals surface area contributed by atoms with Gasteiger partial charge in [0.05, 0.1) is 12.2 Å². The first-order valence-electron chi connectivity index (χ1n) is 6.50. The Bertz CT molecular complexity index is 360. The molecule has 1 N–H and O–H groups in total. The number of benzene rings is 1. The van der Waals surface area contributed by atoms with Crippen molar-refractivity contribution in [3.05, 3.63) is 34.9 Å². The van der Waals surface area contributed by atoms with Gasteiger partial charge in [-0.25, -0.2) is 0 Å². The second kappa shape index (κ2) is 5.19. The van der Waals surface area contributed by atoms with Crippen LogP contribution < -0.4 is 5.32 Å². The van der Waals surface area contributed by atoms with Crippen LogP contribution in [0.3, 0.4) is 0 Å². The van der Waals surface area contributed by atoms with Crippen molar-refractivity contribution in [1.29, 1.82) is 0 Å². The third-order valence-corrected chi connectivity index (χ3v) is 3.77. The maximum absolute atomic E-state index is 6.16. The predicted molar refractivity (Wildman–Crippen MR) is 71.2 cm³/mol. The van der Waals surface area contributed by atoms with E-state index in [1.165, 1.54) is 23.1 Å². The minimum Gasteiger partial charge on any atom is -0.369 e. The van der Waals surface area contributed by atoms with Gasteiger partial charge in [-0.3, -0.25) is 0 Å². The van der Waals surface area contributed by atoms with E-state index in [-0.39, 0.29) is 5.60 Å². The maximum Gasteiger partial charge on any atom is 0.0783 e. The molecule has 0 aromatic heterocycles. The highest BCUT2D eigenvalue weighted by atomic mass is 16.5. The van der Waals surface area contributed by atoms with Crippen LogP contribution >= 0.6 is 0 Å².